The van der Waals surface area contributed by atoms with Gasteiger partial charge in [-0.25, -0.2) is 18.4 Å². The summed E-state index contributed by atoms with van der Waals surface area (Å²) in [7, 11) is -3.49. The van der Waals surface area contributed by atoms with Gasteiger partial charge in [0.25, 0.3) is 0 Å². The average molecular weight is 473 g/mol. The van der Waals surface area contributed by atoms with Crippen LogP contribution in [0.2, 0.25) is 0 Å². The van der Waals surface area contributed by atoms with Crippen LogP contribution in [0.3, 0.4) is 0 Å². The highest BCUT2D eigenvalue weighted by molar-refractivity contribution is 7.89. The topological polar surface area (TPSA) is 104 Å². The van der Waals surface area contributed by atoms with E-state index in [0.29, 0.717) is 36.1 Å². The first-order chi connectivity index (χ1) is 15.5. The number of nitrogens with one attached hydrogen (secondary N) is 1. The molecule has 180 valence electrons. The molecule has 1 saturated carbocycles. The Labute approximate surface area is 197 Å². The fraction of sp³-hybridized carbons (Fsp3) is 0.583. The van der Waals surface area contributed by atoms with Gasteiger partial charge in [-0.3, -0.25) is 0 Å². The van der Waals surface area contributed by atoms with Crippen LogP contribution in [0, 0.1) is 10.8 Å². The number of fused-ring (bicyclic) bond motifs is 2. The minimum atomic E-state index is -3.49. The van der Waals surface area contributed by atoms with Gasteiger partial charge in [0.2, 0.25) is 10.0 Å². The molecule has 2 aromatic rings. The van der Waals surface area contributed by atoms with E-state index in [0.717, 1.165) is 30.9 Å². The number of sulfonamides is 1. The predicted molar refractivity (Wildman–Crippen MR) is 133 cm³/mol. The molecule has 3 N–H and O–H groups in total. The van der Waals surface area contributed by atoms with Gasteiger partial charge in [-0.2, -0.15) is 4.31 Å². The third-order valence-corrected chi connectivity index (χ3v) is 9.07. The van der Waals surface area contributed by atoms with Gasteiger partial charge in [0.1, 0.15) is 12.0 Å². The maximum absolute atomic E-state index is 12.7. The molecule has 0 radical (unpaired) electrons. The van der Waals surface area contributed by atoms with E-state index < -0.39 is 10.0 Å². The fourth-order valence-electron chi connectivity index (χ4n) is 5.98. The number of hydrogen-bond acceptors (Lipinski definition) is 7. The number of benzene rings is 1. The molecule has 2 fully saturated rings. The van der Waals surface area contributed by atoms with Crippen molar-refractivity contribution in [2.45, 2.75) is 64.8 Å². The first kappa shape index (κ1) is 23.8. The van der Waals surface area contributed by atoms with E-state index in [-0.39, 0.29) is 10.3 Å². The average Bonchev–Trinajstić information content (AvgIpc) is 2.99. The number of nitrogen functional groups attached to an aromatic ring is 1. The van der Waals surface area contributed by atoms with Crippen LogP contribution in [0.5, 0.6) is 0 Å². The van der Waals surface area contributed by atoms with Gasteiger partial charge >= 0.3 is 0 Å². The van der Waals surface area contributed by atoms with Crippen molar-refractivity contribution in [3.05, 3.63) is 30.6 Å². The van der Waals surface area contributed by atoms with E-state index >= 15 is 0 Å². The van der Waals surface area contributed by atoms with Gasteiger partial charge in [0, 0.05) is 31.4 Å². The second-order valence-electron chi connectivity index (χ2n) is 10.5. The number of nitrogens with zero attached hydrogens (tertiary/aromatic N) is 4. The van der Waals surface area contributed by atoms with Crippen LogP contribution in [-0.4, -0.2) is 48.4 Å². The first-order valence-electron chi connectivity index (χ1n) is 11.7. The van der Waals surface area contributed by atoms with Crippen LogP contribution in [-0.2, 0) is 10.0 Å². The maximum Gasteiger partial charge on any atom is 0.243 e. The fourth-order valence-corrected chi connectivity index (χ4v) is 7.44. The molecule has 2 atom stereocenters. The highest BCUT2D eigenvalue weighted by atomic mass is 32.2. The summed E-state index contributed by atoms with van der Waals surface area (Å²) in [6, 6.07) is 7.13. The van der Waals surface area contributed by atoms with Gasteiger partial charge in [0.05, 0.1) is 4.90 Å². The highest BCUT2D eigenvalue weighted by Gasteiger charge is 2.50. The summed E-state index contributed by atoms with van der Waals surface area (Å²) >= 11 is 0. The van der Waals surface area contributed by atoms with E-state index in [4.69, 9.17) is 5.73 Å². The number of aromatic nitrogens is 2. The second-order valence-corrected chi connectivity index (χ2v) is 12.5. The van der Waals surface area contributed by atoms with E-state index in [1.165, 1.54) is 10.7 Å². The van der Waals surface area contributed by atoms with Gasteiger partial charge in [-0.15, -0.1) is 0 Å². The Morgan fingerprint density at radius 2 is 1.79 bits per heavy atom. The first-order valence-corrected chi connectivity index (χ1v) is 13.2. The molecule has 9 heteroatoms. The van der Waals surface area contributed by atoms with Gasteiger partial charge < -0.3 is 16.0 Å². The van der Waals surface area contributed by atoms with Crippen LogP contribution < -0.4 is 16.0 Å². The third-order valence-electron chi connectivity index (χ3n) is 7.01. The number of rotatable bonds is 7. The van der Waals surface area contributed by atoms with Crippen molar-refractivity contribution in [3.63, 3.8) is 0 Å². The molecule has 2 heterocycles. The third kappa shape index (κ3) is 4.53. The Morgan fingerprint density at radius 1 is 1.12 bits per heavy atom. The summed E-state index contributed by atoms with van der Waals surface area (Å²) in [5.74, 6) is 1.31. The SMILES string of the molecule is CCN(CC)S(=O)(=O)c1ccc(Nc2ncnc(N3CC4(C)CC3CC(C)(C)C4)c2N)cc1. The summed E-state index contributed by atoms with van der Waals surface area (Å²) in [5, 5.41) is 3.25. The molecule has 0 spiro atoms. The second kappa shape index (κ2) is 8.43. The Balaban J connectivity index is 1.56. The quantitative estimate of drug-likeness (QED) is 0.621. The standard InChI is InChI=1S/C24H36N6O2S/c1-6-29(7-2)33(31,32)19-10-8-17(9-11-19)28-21-20(25)22(27-16-26-21)30-15-24(5)13-18(30)12-23(3,4)14-24/h8-11,16,18H,6-7,12-15,25H2,1-5H3,(H,26,27,28). The lowest BCUT2D eigenvalue weighted by Crippen LogP contribution is -2.35. The molecular weight excluding hydrogens is 436 g/mol. The van der Waals surface area contributed by atoms with Crippen molar-refractivity contribution >= 4 is 33.0 Å². The minimum absolute atomic E-state index is 0.267. The van der Waals surface area contributed by atoms with E-state index in [9.17, 15) is 8.42 Å². The Hall–Kier alpha value is -2.39. The molecule has 2 aliphatic rings. The van der Waals surface area contributed by atoms with Crippen LogP contribution >= 0.6 is 0 Å². The number of hydrogen-bond donors (Lipinski definition) is 2. The van der Waals surface area contributed by atoms with Crippen LogP contribution in [0.1, 0.15) is 53.9 Å². The maximum atomic E-state index is 12.7. The van der Waals surface area contributed by atoms with Gasteiger partial charge in [-0.1, -0.05) is 34.6 Å². The Morgan fingerprint density at radius 3 is 2.42 bits per heavy atom. The lowest BCUT2D eigenvalue weighted by atomic mass is 9.65. The summed E-state index contributed by atoms with van der Waals surface area (Å²) in [4.78, 5) is 11.5. The molecular formula is C24H36N6O2S. The molecule has 2 unspecified atom stereocenters. The van der Waals surface area contributed by atoms with Gasteiger partial charge in [-0.05, 0) is 54.4 Å². The van der Waals surface area contributed by atoms with Crippen LogP contribution in [0.25, 0.3) is 0 Å². The van der Waals surface area contributed by atoms with Crippen LogP contribution in [0.4, 0.5) is 23.0 Å². The smallest absolute Gasteiger partial charge is 0.243 e. The molecule has 1 aliphatic heterocycles. The lowest BCUT2D eigenvalue weighted by Gasteiger charge is -2.39. The van der Waals surface area contributed by atoms with Crippen molar-refractivity contribution < 1.29 is 8.42 Å². The van der Waals surface area contributed by atoms with Crippen molar-refractivity contribution in [1.82, 2.24) is 14.3 Å². The predicted octanol–water partition coefficient (Wildman–Crippen LogP) is 4.24. The number of anilines is 4. The zero-order valence-corrected chi connectivity index (χ0v) is 21.1. The van der Waals surface area contributed by atoms with E-state index in [1.54, 1.807) is 30.6 Å². The summed E-state index contributed by atoms with van der Waals surface area (Å²) in [5.41, 5.74) is 8.36. The molecule has 2 bridgehead atoms. The molecule has 4 rings (SSSR count). The van der Waals surface area contributed by atoms with Gasteiger partial charge in [0.15, 0.2) is 11.6 Å². The molecule has 1 aromatic carbocycles. The zero-order valence-electron chi connectivity index (χ0n) is 20.3. The molecule has 0 amide bonds. The van der Waals surface area contributed by atoms with Crippen molar-refractivity contribution in [2.24, 2.45) is 10.8 Å². The molecule has 1 saturated heterocycles. The molecule has 1 aliphatic carbocycles. The summed E-state index contributed by atoms with van der Waals surface area (Å²) < 4.78 is 26.9. The molecule has 33 heavy (non-hydrogen) atoms. The van der Waals surface area contributed by atoms with Crippen molar-refractivity contribution in [3.8, 4) is 0 Å². The molecule has 1 aromatic heterocycles. The van der Waals surface area contributed by atoms with Crippen LogP contribution in [0.15, 0.2) is 35.5 Å². The highest BCUT2D eigenvalue weighted by Crippen LogP contribution is 2.54. The Kier molecular flexibility index (Phi) is 6.07. The summed E-state index contributed by atoms with van der Waals surface area (Å²) in [6.45, 7) is 12.6. The summed E-state index contributed by atoms with van der Waals surface area (Å²) in [6.07, 6.45) is 5.03. The van der Waals surface area contributed by atoms with Crippen molar-refractivity contribution in [1.29, 1.82) is 0 Å². The monoisotopic (exact) mass is 472 g/mol. The lowest BCUT2D eigenvalue weighted by molar-refractivity contribution is 0.136. The Bertz CT molecular complexity index is 1110. The van der Waals surface area contributed by atoms with E-state index in [2.05, 4.69) is 41.0 Å². The zero-order chi connectivity index (χ0) is 24.0. The van der Waals surface area contributed by atoms with Crippen molar-refractivity contribution in [2.75, 3.05) is 35.6 Å². The largest absolute Gasteiger partial charge is 0.393 e. The normalized spacial score (nSPS) is 24.3. The van der Waals surface area contributed by atoms with E-state index in [1.807, 2.05) is 13.8 Å². The minimum Gasteiger partial charge on any atom is -0.393 e. The number of nitrogens with two attached hydrogens (primary N) is 1. The molecule has 8 nitrogen and oxygen atoms in total.